The first kappa shape index (κ1) is 17.6. The van der Waals surface area contributed by atoms with Gasteiger partial charge in [0, 0.05) is 19.4 Å². The fourth-order valence-electron chi connectivity index (χ4n) is 1.59. The van der Waals surface area contributed by atoms with Crippen LogP contribution in [0, 0.1) is 0 Å². The first-order valence-electron chi connectivity index (χ1n) is 6.18. The average Bonchev–Trinajstić information content (AvgIpc) is 2.42. The number of urea groups is 1. The van der Waals surface area contributed by atoms with Gasteiger partial charge in [0.25, 0.3) is 0 Å². The number of carboxylic acids is 1. The number of carboxylic acid groups (broad SMARTS) is 1. The molecule has 0 aliphatic heterocycles. The zero-order valence-corrected chi connectivity index (χ0v) is 12.9. The van der Waals surface area contributed by atoms with E-state index in [9.17, 15) is 9.59 Å². The summed E-state index contributed by atoms with van der Waals surface area (Å²) in [6, 6.07) is 2.96. The van der Waals surface area contributed by atoms with Crippen LogP contribution in [-0.4, -0.2) is 36.9 Å². The van der Waals surface area contributed by atoms with E-state index >= 15 is 0 Å². The summed E-state index contributed by atoms with van der Waals surface area (Å²) in [5.74, 6) is -1.10. The summed E-state index contributed by atoms with van der Waals surface area (Å²) in [5, 5.41) is 14.6. The van der Waals surface area contributed by atoms with Crippen LogP contribution in [0.15, 0.2) is 18.2 Å². The largest absolute Gasteiger partial charge is 0.480 e. The van der Waals surface area contributed by atoms with Crippen LogP contribution in [0.25, 0.3) is 0 Å². The molecule has 0 spiro atoms. The Labute approximate surface area is 132 Å². The molecule has 1 aromatic rings. The lowest BCUT2D eigenvalue weighted by Gasteiger charge is -2.15. The molecule has 1 aromatic carbocycles. The van der Waals surface area contributed by atoms with Crippen molar-refractivity contribution in [3.8, 4) is 0 Å². The Morgan fingerprint density at radius 3 is 2.62 bits per heavy atom. The third-order valence-electron chi connectivity index (χ3n) is 2.62. The third kappa shape index (κ3) is 6.20. The van der Waals surface area contributed by atoms with Gasteiger partial charge in [-0.1, -0.05) is 23.2 Å². The minimum absolute atomic E-state index is 0.276. The van der Waals surface area contributed by atoms with Crippen molar-refractivity contribution in [1.29, 1.82) is 0 Å². The van der Waals surface area contributed by atoms with E-state index in [1.807, 2.05) is 0 Å². The van der Waals surface area contributed by atoms with E-state index in [0.29, 0.717) is 28.8 Å². The molecule has 116 valence electrons. The Hall–Kier alpha value is -1.50. The summed E-state index contributed by atoms with van der Waals surface area (Å²) in [4.78, 5) is 22.8. The normalized spacial score (nSPS) is 11.8. The number of hydrogen-bond acceptors (Lipinski definition) is 3. The smallest absolute Gasteiger partial charge is 0.326 e. The Bertz CT molecular complexity index is 511. The molecular formula is C13H16Cl2N2O4. The molecule has 0 saturated heterocycles. The maximum Gasteiger partial charge on any atom is 0.326 e. The van der Waals surface area contributed by atoms with Gasteiger partial charge in [0.05, 0.1) is 10.0 Å². The SMILES string of the molecule is COCCCC(NC(=O)Nc1ccc(Cl)c(Cl)c1)C(=O)O. The van der Waals surface area contributed by atoms with Gasteiger partial charge in [-0.2, -0.15) is 0 Å². The lowest BCUT2D eigenvalue weighted by Crippen LogP contribution is -2.43. The summed E-state index contributed by atoms with van der Waals surface area (Å²) >= 11 is 11.6. The number of amides is 2. The van der Waals surface area contributed by atoms with E-state index in [4.69, 9.17) is 33.0 Å². The van der Waals surface area contributed by atoms with Gasteiger partial charge < -0.3 is 20.5 Å². The maximum atomic E-state index is 11.8. The fourth-order valence-corrected chi connectivity index (χ4v) is 1.89. The molecule has 0 bridgehead atoms. The number of benzene rings is 1. The van der Waals surface area contributed by atoms with Gasteiger partial charge in [-0.05, 0) is 31.0 Å². The summed E-state index contributed by atoms with van der Waals surface area (Å²) < 4.78 is 4.85. The van der Waals surface area contributed by atoms with Crippen molar-refractivity contribution in [2.45, 2.75) is 18.9 Å². The molecule has 6 nitrogen and oxygen atoms in total. The summed E-state index contributed by atoms with van der Waals surface area (Å²) in [5.41, 5.74) is 0.419. The second-order valence-corrected chi connectivity index (χ2v) is 5.07. The predicted octanol–water partition coefficient (Wildman–Crippen LogP) is 2.99. The highest BCUT2D eigenvalue weighted by molar-refractivity contribution is 6.42. The minimum Gasteiger partial charge on any atom is -0.480 e. The molecule has 8 heteroatoms. The van der Waals surface area contributed by atoms with Gasteiger partial charge in [-0.15, -0.1) is 0 Å². The molecule has 0 aromatic heterocycles. The van der Waals surface area contributed by atoms with Gasteiger partial charge in [-0.25, -0.2) is 9.59 Å². The van der Waals surface area contributed by atoms with Crippen LogP contribution in [0.1, 0.15) is 12.8 Å². The van der Waals surface area contributed by atoms with Crippen molar-refractivity contribution >= 4 is 40.9 Å². The molecule has 2 amide bonds. The number of nitrogens with one attached hydrogen (secondary N) is 2. The minimum atomic E-state index is -1.10. The van der Waals surface area contributed by atoms with Crippen molar-refractivity contribution < 1.29 is 19.4 Å². The van der Waals surface area contributed by atoms with Crippen LogP contribution in [-0.2, 0) is 9.53 Å². The van der Waals surface area contributed by atoms with Gasteiger partial charge >= 0.3 is 12.0 Å². The Balaban J connectivity index is 2.56. The first-order valence-corrected chi connectivity index (χ1v) is 6.94. The second kappa shape index (κ2) is 8.71. The number of anilines is 1. The maximum absolute atomic E-state index is 11.8. The standard InChI is InChI=1S/C13H16Cl2N2O4/c1-21-6-2-3-11(12(18)19)17-13(20)16-8-4-5-9(14)10(15)7-8/h4-5,7,11H,2-3,6H2,1H3,(H,18,19)(H2,16,17,20). The Kier molecular flexibility index (Phi) is 7.28. The van der Waals surface area contributed by atoms with Crippen molar-refractivity contribution in [1.82, 2.24) is 5.32 Å². The predicted molar refractivity (Wildman–Crippen MR) is 81.2 cm³/mol. The molecule has 1 atom stereocenters. The monoisotopic (exact) mass is 334 g/mol. The average molecular weight is 335 g/mol. The number of carbonyl (C=O) groups is 2. The highest BCUT2D eigenvalue weighted by atomic mass is 35.5. The van der Waals surface area contributed by atoms with E-state index < -0.39 is 18.0 Å². The van der Waals surface area contributed by atoms with Crippen LogP contribution in [0.2, 0.25) is 10.0 Å². The molecule has 1 unspecified atom stereocenters. The molecule has 21 heavy (non-hydrogen) atoms. The Morgan fingerprint density at radius 1 is 1.33 bits per heavy atom. The van der Waals surface area contributed by atoms with Crippen molar-refractivity contribution in [3.05, 3.63) is 28.2 Å². The number of hydrogen-bond donors (Lipinski definition) is 3. The highest BCUT2D eigenvalue weighted by Gasteiger charge is 2.19. The number of ether oxygens (including phenoxy) is 1. The molecule has 3 N–H and O–H groups in total. The molecule has 0 aliphatic rings. The van der Waals surface area contributed by atoms with E-state index in [1.165, 1.54) is 19.2 Å². The van der Waals surface area contributed by atoms with E-state index in [2.05, 4.69) is 10.6 Å². The lowest BCUT2D eigenvalue weighted by atomic mass is 10.1. The molecule has 0 saturated carbocycles. The van der Waals surface area contributed by atoms with Gasteiger partial charge in [0.2, 0.25) is 0 Å². The zero-order valence-electron chi connectivity index (χ0n) is 11.4. The number of rotatable bonds is 7. The quantitative estimate of drug-likeness (QED) is 0.669. The van der Waals surface area contributed by atoms with Crippen LogP contribution < -0.4 is 10.6 Å². The zero-order chi connectivity index (χ0) is 15.8. The van der Waals surface area contributed by atoms with E-state index in [-0.39, 0.29) is 6.42 Å². The van der Waals surface area contributed by atoms with Crippen LogP contribution in [0.4, 0.5) is 10.5 Å². The first-order chi connectivity index (χ1) is 9.93. The summed E-state index contributed by atoms with van der Waals surface area (Å²) in [6.07, 6.45) is 0.804. The number of methoxy groups -OCH3 is 1. The third-order valence-corrected chi connectivity index (χ3v) is 3.36. The van der Waals surface area contributed by atoms with Crippen LogP contribution >= 0.6 is 23.2 Å². The molecule has 1 rings (SSSR count). The van der Waals surface area contributed by atoms with Crippen molar-refractivity contribution in [3.63, 3.8) is 0 Å². The topological polar surface area (TPSA) is 87.7 Å². The molecule has 0 aliphatic carbocycles. The van der Waals surface area contributed by atoms with Crippen LogP contribution in [0.5, 0.6) is 0 Å². The van der Waals surface area contributed by atoms with Crippen LogP contribution in [0.3, 0.4) is 0 Å². The fraction of sp³-hybridized carbons (Fsp3) is 0.385. The van der Waals surface area contributed by atoms with Gasteiger partial charge in [0.15, 0.2) is 0 Å². The molecule has 0 heterocycles. The second-order valence-electron chi connectivity index (χ2n) is 4.25. The number of aliphatic carboxylic acids is 1. The highest BCUT2D eigenvalue weighted by Crippen LogP contribution is 2.24. The van der Waals surface area contributed by atoms with Gasteiger partial charge in [-0.3, -0.25) is 0 Å². The van der Waals surface area contributed by atoms with E-state index in [0.717, 1.165) is 0 Å². The number of halogens is 2. The summed E-state index contributed by atoms with van der Waals surface area (Å²) in [7, 11) is 1.53. The Morgan fingerprint density at radius 2 is 2.05 bits per heavy atom. The van der Waals surface area contributed by atoms with Gasteiger partial charge in [0.1, 0.15) is 6.04 Å². The molecule has 0 fully saturated rings. The number of carbonyl (C=O) groups excluding carboxylic acids is 1. The van der Waals surface area contributed by atoms with E-state index in [1.54, 1.807) is 6.07 Å². The lowest BCUT2D eigenvalue weighted by molar-refractivity contribution is -0.139. The molecular weight excluding hydrogens is 319 g/mol. The molecule has 0 radical (unpaired) electrons. The summed E-state index contributed by atoms with van der Waals surface area (Å²) in [6.45, 7) is 0.430. The van der Waals surface area contributed by atoms with Crippen molar-refractivity contribution in [2.24, 2.45) is 0 Å². The van der Waals surface area contributed by atoms with Crippen molar-refractivity contribution in [2.75, 3.05) is 19.0 Å².